The maximum absolute atomic E-state index is 12.9. The van der Waals surface area contributed by atoms with Gasteiger partial charge < -0.3 is 20.4 Å². The molecule has 0 aromatic heterocycles. The molecule has 7 nitrogen and oxygen atoms in total. The number of benzene rings is 2. The second kappa shape index (κ2) is 8.44. The van der Waals surface area contributed by atoms with E-state index >= 15 is 0 Å². The number of nitriles is 1. The molecule has 144 valence electrons. The Balaban J connectivity index is 1.78. The van der Waals surface area contributed by atoms with E-state index in [0.717, 1.165) is 31.6 Å². The molecule has 0 aliphatic carbocycles. The van der Waals surface area contributed by atoms with E-state index in [-0.39, 0.29) is 5.91 Å². The molecular weight excluding hydrogens is 354 g/mol. The minimum Gasteiger partial charge on any atom is -0.377 e. The first-order valence-electron chi connectivity index (χ1n) is 9.17. The van der Waals surface area contributed by atoms with Crippen molar-refractivity contribution in [3.63, 3.8) is 0 Å². The molecule has 1 fully saturated rings. The number of carbonyl (C=O) groups is 2. The molecule has 1 saturated heterocycles. The lowest BCUT2D eigenvalue weighted by Gasteiger charge is -2.22. The van der Waals surface area contributed by atoms with Crippen LogP contribution >= 0.6 is 0 Å². The molecule has 3 rings (SSSR count). The fourth-order valence-corrected chi connectivity index (χ4v) is 3.23. The number of anilines is 3. The zero-order valence-electron chi connectivity index (χ0n) is 16.0. The number of likely N-dealkylation sites (tertiary alicyclic amines) is 1. The summed E-state index contributed by atoms with van der Waals surface area (Å²) >= 11 is 0. The van der Waals surface area contributed by atoms with Gasteiger partial charge >= 0.3 is 6.03 Å². The minimum atomic E-state index is -0.438. The maximum Gasteiger partial charge on any atom is 0.323 e. The first-order valence-corrected chi connectivity index (χ1v) is 9.17. The summed E-state index contributed by atoms with van der Waals surface area (Å²) in [6.07, 6.45) is 2.04. The second-order valence-electron chi connectivity index (χ2n) is 6.90. The van der Waals surface area contributed by atoms with Gasteiger partial charge in [-0.1, -0.05) is 6.07 Å². The summed E-state index contributed by atoms with van der Waals surface area (Å²) in [5, 5.41) is 14.4. The fraction of sp³-hybridized carbons (Fsp3) is 0.286. The van der Waals surface area contributed by atoms with Gasteiger partial charge in [-0.25, -0.2) is 4.79 Å². The first kappa shape index (κ1) is 19.2. The van der Waals surface area contributed by atoms with Crippen molar-refractivity contribution in [3.05, 3.63) is 53.6 Å². The molecule has 2 N–H and O–H groups in total. The van der Waals surface area contributed by atoms with Crippen molar-refractivity contribution in [3.8, 4) is 6.07 Å². The van der Waals surface area contributed by atoms with E-state index < -0.39 is 6.03 Å². The van der Waals surface area contributed by atoms with Crippen LogP contribution in [0.25, 0.3) is 0 Å². The van der Waals surface area contributed by atoms with Gasteiger partial charge in [-0.2, -0.15) is 5.26 Å². The summed E-state index contributed by atoms with van der Waals surface area (Å²) in [6, 6.07) is 13.6. The Morgan fingerprint density at radius 2 is 1.71 bits per heavy atom. The summed E-state index contributed by atoms with van der Waals surface area (Å²) < 4.78 is 0. The van der Waals surface area contributed by atoms with Gasteiger partial charge in [0.1, 0.15) is 0 Å². The third-order valence-electron chi connectivity index (χ3n) is 4.61. The highest BCUT2D eigenvalue weighted by atomic mass is 16.2. The Morgan fingerprint density at radius 3 is 2.36 bits per heavy atom. The molecule has 0 radical (unpaired) electrons. The Morgan fingerprint density at radius 1 is 1.04 bits per heavy atom. The van der Waals surface area contributed by atoms with Crippen LogP contribution in [-0.4, -0.2) is 44.0 Å². The van der Waals surface area contributed by atoms with Crippen LogP contribution < -0.4 is 15.5 Å². The molecule has 0 unspecified atom stereocenters. The second-order valence-corrected chi connectivity index (χ2v) is 6.90. The Bertz CT molecular complexity index is 927. The molecule has 28 heavy (non-hydrogen) atoms. The zero-order chi connectivity index (χ0) is 20.1. The molecule has 2 aromatic carbocycles. The SMILES string of the molecule is CN(C)c1ccc(NC(=O)Nc2cccc(C#N)c2)cc1C(=O)N1CCCC1. The Labute approximate surface area is 164 Å². The van der Waals surface area contributed by atoms with Gasteiger partial charge in [0.15, 0.2) is 0 Å². The number of amides is 3. The fourth-order valence-electron chi connectivity index (χ4n) is 3.23. The van der Waals surface area contributed by atoms with Gasteiger partial charge in [-0.05, 0) is 49.2 Å². The van der Waals surface area contributed by atoms with Gasteiger partial charge in [0.2, 0.25) is 0 Å². The van der Waals surface area contributed by atoms with Gasteiger partial charge in [-0.3, -0.25) is 4.79 Å². The number of carbonyl (C=O) groups excluding carboxylic acids is 2. The summed E-state index contributed by atoms with van der Waals surface area (Å²) in [5.74, 6) is -0.0213. The largest absolute Gasteiger partial charge is 0.377 e. The van der Waals surface area contributed by atoms with Crippen molar-refractivity contribution >= 4 is 29.0 Å². The predicted octanol–water partition coefficient (Wildman–Crippen LogP) is 3.50. The molecule has 1 aliphatic rings. The van der Waals surface area contributed by atoms with Crippen LogP contribution in [0.1, 0.15) is 28.8 Å². The lowest BCUT2D eigenvalue weighted by atomic mass is 10.1. The molecule has 0 saturated carbocycles. The maximum atomic E-state index is 12.9. The van der Waals surface area contributed by atoms with Crippen LogP contribution in [0.5, 0.6) is 0 Å². The van der Waals surface area contributed by atoms with Gasteiger partial charge in [0.25, 0.3) is 5.91 Å². The van der Waals surface area contributed by atoms with E-state index in [1.165, 1.54) is 0 Å². The predicted molar refractivity (Wildman–Crippen MR) is 110 cm³/mol. The quantitative estimate of drug-likeness (QED) is 0.853. The van der Waals surface area contributed by atoms with E-state index in [4.69, 9.17) is 5.26 Å². The molecule has 0 spiro atoms. The molecule has 2 aromatic rings. The highest BCUT2D eigenvalue weighted by molar-refractivity contribution is 6.04. The summed E-state index contributed by atoms with van der Waals surface area (Å²) in [4.78, 5) is 29.0. The van der Waals surface area contributed by atoms with Crippen LogP contribution in [0, 0.1) is 11.3 Å². The van der Waals surface area contributed by atoms with Crippen molar-refractivity contribution in [1.82, 2.24) is 4.90 Å². The molecule has 1 heterocycles. The number of nitrogens with zero attached hydrogens (tertiary/aromatic N) is 3. The topological polar surface area (TPSA) is 88.5 Å². The van der Waals surface area contributed by atoms with E-state index in [9.17, 15) is 9.59 Å². The highest BCUT2D eigenvalue weighted by Gasteiger charge is 2.23. The zero-order valence-corrected chi connectivity index (χ0v) is 16.0. The summed E-state index contributed by atoms with van der Waals surface area (Å²) in [6.45, 7) is 1.53. The summed E-state index contributed by atoms with van der Waals surface area (Å²) in [5.41, 5.74) is 2.89. The normalized spacial score (nSPS) is 13.0. The van der Waals surface area contributed by atoms with E-state index in [0.29, 0.717) is 22.5 Å². The average molecular weight is 377 g/mol. The van der Waals surface area contributed by atoms with Gasteiger partial charge in [-0.15, -0.1) is 0 Å². The number of rotatable bonds is 4. The number of hydrogen-bond acceptors (Lipinski definition) is 4. The lowest BCUT2D eigenvalue weighted by Crippen LogP contribution is -2.29. The van der Waals surface area contributed by atoms with Crippen LogP contribution in [0.3, 0.4) is 0 Å². The Hall–Kier alpha value is -3.53. The van der Waals surface area contributed by atoms with Crippen LogP contribution in [0.15, 0.2) is 42.5 Å². The smallest absolute Gasteiger partial charge is 0.323 e. The average Bonchev–Trinajstić information content (AvgIpc) is 3.22. The van der Waals surface area contributed by atoms with Crippen molar-refractivity contribution in [2.75, 3.05) is 42.7 Å². The third kappa shape index (κ3) is 4.41. The van der Waals surface area contributed by atoms with E-state index in [1.54, 1.807) is 36.4 Å². The van der Waals surface area contributed by atoms with Crippen LogP contribution in [0.4, 0.5) is 21.9 Å². The van der Waals surface area contributed by atoms with Crippen LogP contribution in [-0.2, 0) is 0 Å². The molecule has 0 atom stereocenters. The number of hydrogen-bond donors (Lipinski definition) is 2. The number of urea groups is 1. The van der Waals surface area contributed by atoms with Crippen molar-refractivity contribution < 1.29 is 9.59 Å². The molecular formula is C21H23N5O2. The van der Waals surface area contributed by atoms with Crippen molar-refractivity contribution in [1.29, 1.82) is 5.26 Å². The standard InChI is InChI=1S/C21H23N5O2/c1-25(2)19-9-8-17(13-18(19)20(27)26-10-3-4-11-26)24-21(28)23-16-7-5-6-15(12-16)14-22/h5-9,12-13H,3-4,10-11H2,1-2H3,(H2,23,24,28). The Kier molecular flexibility index (Phi) is 5.80. The monoisotopic (exact) mass is 377 g/mol. The minimum absolute atomic E-state index is 0.0213. The van der Waals surface area contributed by atoms with Gasteiger partial charge in [0, 0.05) is 44.2 Å². The third-order valence-corrected chi connectivity index (χ3v) is 4.61. The highest BCUT2D eigenvalue weighted by Crippen LogP contribution is 2.26. The molecule has 0 bridgehead atoms. The number of nitrogens with one attached hydrogen (secondary N) is 2. The molecule has 7 heteroatoms. The summed E-state index contributed by atoms with van der Waals surface area (Å²) in [7, 11) is 3.77. The molecule has 3 amide bonds. The van der Waals surface area contributed by atoms with Crippen LogP contribution in [0.2, 0.25) is 0 Å². The van der Waals surface area contributed by atoms with Crippen molar-refractivity contribution in [2.24, 2.45) is 0 Å². The van der Waals surface area contributed by atoms with Gasteiger partial charge in [0.05, 0.1) is 17.2 Å². The van der Waals surface area contributed by atoms with Crippen molar-refractivity contribution in [2.45, 2.75) is 12.8 Å². The van der Waals surface area contributed by atoms with E-state index in [1.807, 2.05) is 36.0 Å². The van der Waals surface area contributed by atoms with E-state index in [2.05, 4.69) is 10.6 Å². The lowest BCUT2D eigenvalue weighted by molar-refractivity contribution is 0.0793. The molecule has 1 aliphatic heterocycles. The first-order chi connectivity index (χ1) is 13.5.